The molecule has 0 saturated carbocycles. The maximum absolute atomic E-state index is 12.1. The Morgan fingerprint density at radius 3 is 2.96 bits per heavy atom. The first-order valence-corrected chi connectivity index (χ1v) is 8.31. The summed E-state index contributed by atoms with van der Waals surface area (Å²) in [5.41, 5.74) is 6.91. The summed E-state index contributed by atoms with van der Waals surface area (Å²) in [6.45, 7) is 3.24. The fraction of sp³-hybridized carbons (Fsp3) is 0.444. The number of aryl methyl sites for hydroxylation is 1. The molecule has 1 saturated heterocycles. The number of aromatic nitrogens is 2. The van der Waals surface area contributed by atoms with Crippen LogP contribution in [0.3, 0.4) is 0 Å². The monoisotopic (exact) mass is 332 g/mol. The first kappa shape index (κ1) is 18.1. The summed E-state index contributed by atoms with van der Waals surface area (Å²) in [6, 6.07) is 5.85. The molecule has 130 valence electrons. The third kappa shape index (κ3) is 6.50. The van der Waals surface area contributed by atoms with E-state index in [1.807, 2.05) is 6.20 Å². The minimum atomic E-state index is -0.287. The van der Waals surface area contributed by atoms with Gasteiger partial charge in [-0.3, -0.25) is 0 Å². The molecule has 1 aromatic carbocycles. The zero-order valence-corrected chi connectivity index (χ0v) is 13.8. The standard InChI is InChI=1S/C12H19N3O.C6H6FN/c16-7-1-5-15-6-4-11(9-15)2-3-12-8-13-10-14-12;7-5-2-1-3-6(8)4-5/h7-8,10-11H,1-6,9H2,(H,13,14);1-4H,8H2. The summed E-state index contributed by atoms with van der Waals surface area (Å²) in [5.74, 6) is 0.500. The Morgan fingerprint density at radius 1 is 1.46 bits per heavy atom. The number of nitrogen functional groups attached to an aromatic ring is 1. The van der Waals surface area contributed by atoms with Crippen LogP contribution >= 0.6 is 0 Å². The molecule has 0 bridgehead atoms. The average molecular weight is 332 g/mol. The van der Waals surface area contributed by atoms with Gasteiger partial charge in [-0.05, 0) is 49.9 Å². The van der Waals surface area contributed by atoms with Gasteiger partial charge >= 0.3 is 0 Å². The van der Waals surface area contributed by atoms with Crippen LogP contribution in [0.5, 0.6) is 0 Å². The van der Waals surface area contributed by atoms with E-state index in [4.69, 9.17) is 5.73 Å². The van der Waals surface area contributed by atoms with Crippen molar-refractivity contribution in [1.29, 1.82) is 0 Å². The molecule has 5 nitrogen and oxygen atoms in total. The Bertz CT molecular complexity index is 586. The third-order valence-corrected chi connectivity index (χ3v) is 4.16. The molecule has 0 aliphatic carbocycles. The number of H-pyrrole nitrogens is 1. The number of halogens is 1. The molecule has 1 aliphatic rings. The van der Waals surface area contributed by atoms with Gasteiger partial charge in [0.25, 0.3) is 0 Å². The Kier molecular flexibility index (Phi) is 7.42. The number of imidazole rings is 1. The Balaban J connectivity index is 0.000000219. The van der Waals surface area contributed by atoms with Crippen LogP contribution in [0.25, 0.3) is 0 Å². The van der Waals surface area contributed by atoms with Gasteiger partial charge in [-0.25, -0.2) is 9.37 Å². The lowest BCUT2D eigenvalue weighted by molar-refractivity contribution is -0.108. The molecule has 24 heavy (non-hydrogen) atoms. The molecule has 0 amide bonds. The largest absolute Gasteiger partial charge is 0.399 e. The van der Waals surface area contributed by atoms with E-state index >= 15 is 0 Å². The number of nitrogens with zero attached hydrogens (tertiary/aromatic N) is 2. The van der Waals surface area contributed by atoms with Gasteiger partial charge in [0, 0.05) is 37.1 Å². The molecule has 2 heterocycles. The number of hydrogen-bond donors (Lipinski definition) is 2. The number of carbonyl (C=O) groups is 1. The van der Waals surface area contributed by atoms with Gasteiger partial charge < -0.3 is 20.4 Å². The topological polar surface area (TPSA) is 75.0 Å². The van der Waals surface area contributed by atoms with Crippen molar-refractivity contribution in [2.75, 3.05) is 25.4 Å². The van der Waals surface area contributed by atoms with Crippen LogP contribution in [0.2, 0.25) is 0 Å². The van der Waals surface area contributed by atoms with Crippen LogP contribution in [0.1, 0.15) is 25.0 Å². The van der Waals surface area contributed by atoms with Crippen LogP contribution in [0.4, 0.5) is 10.1 Å². The number of carbonyl (C=O) groups excluding carboxylic acids is 1. The number of likely N-dealkylation sites (tertiary alicyclic amines) is 1. The van der Waals surface area contributed by atoms with Crippen LogP contribution in [-0.4, -0.2) is 40.8 Å². The van der Waals surface area contributed by atoms with Gasteiger partial charge in [-0.15, -0.1) is 0 Å². The summed E-state index contributed by atoms with van der Waals surface area (Å²) in [6.07, 6.45) is 8.91. The van der Waals surface area contributed by atoms with Crippen LogP contribution in [0, 0.1) is 11.7 Å². The van der Waals surface area contributed by atoms with E-state index in [2.05, 4.69) is 14.9 Å². The summed E-state index contributed by atoms with van der Waals surface area (Å²) in [4.78, 5) is 19.8. The lowest BCUT2D eigenvalue weighted by atomic mass is 10.0. The molecule has 2 aromatic rings. The number of aromatic amines is 1. The second-order valence-corrected chi connectivity index (χ2v) is 6.08. The van der Waals surface area contributed by atoms with Crippen molar-refractivity contribution in [3.8, 4) is 0 Å². The van der Waals surface area contributed by atoms with E-state index in [-0.39, 0.29) is 5.82 Å². The molecule has 6 heteroatoms. The van der Waals surface area contributed by atoms with E-state index in [0.717, 1.165) is 38.3 Å². The Labute approximate surface area is 142 Å². The van der Waals surface area contributed by atoms with Crippen LogP contribution < -0.4 is 5.73 Å². The molecule has 1 fully saturated rings. The smallest absolute Gasteiger partial charge is 0.125 e. The summed E-state index contributed by atoms with van der Waals surface area (Å²) >= 11 is 0. The van der Waals surface area contributed by atoms with Crippen LogP contribution in [-0.2, 0) is 11.2 Å². The number of nitrogens with two attached hydrogens (primary N) is 1. The molecular weight excluding hydrogens is 307 g/mol. The average Bonchev–Trinajstić information content (AvgIpc) is 3.23. The number of aldehydes is 1. The highest BCUT2D eigenvalue weighted by Gasteiger charge is 2.21. The first-order valence-electron chi connectivity index (χ1n) is 8.31. The normalized spacial score (nSPS) is 17.3. The van der Waals surface area contributed by atoms with Crippen molar-refractivity contribution in [2.45, 2.75) is 25.7 Å². The van der Waals surface area contributed by atoms with E-state index in [1.54, 1.807) is 18.5 Å². The van der Waals surface area contributed by atoms with E-state index in [9.17, 15) is 9.18 Å². The fourth-order valence-corrected chi connectivity index (χ4v) is 2.87. The number of rotatable bonds is 6. The predicted octanol–water partition coefficient (Wildman–Crippen LogP) is 2.66. The van der Waals surface area contributed by atoms with Crippen molar-refractivity contribution in [1.82, 2.24) is 14.9 Å². The molecule has 1 atom stereocenters. The second kappa shape index (κ2) is 9.82. The van der Waals surface area contributed by atoms with Gasteiger partial charge in [0.1, 0.15) is 12.1 Å². The minimum absolute atomic E-state index is 0.287. The third-order valence-electron chi connectivity index (χ3n) is 4.16. The van der Waals surface area contributed by atoms with Crippen molar-refractivity contribution < 1.29 is 9.18 Å². The fourth-order valence-electron chi connectivity index (χ4n) is 2.87. The van der Waals surface area contributed by atoms with Crippen molar-refractivity contribution in [3.05, 3.63) is 48.3 Å². The quantitative estimate of drug-likeness (QED) is 0.630. The van der Waals surface area contributed by atoms with Crippen LogP contribution in [0.15, 0.2) is 36.8 Å². The lowest BCUT2D eigenvalue weighted by Gasteiger charge is -2.13. The first-order chi connectivity index (χ1) is 11.7. The Morgan fingerprint density at radius 2 is 2.33 bits per heavy atom. The second-order valence-electron chi connectivity index (χ2n) is 6.08. The van der Waals surface area contributed by atoms with Gasteiger partial charge in [-0.2, -0.15) is 0 Å². The van der Waals surface area contributed by atoms with Crippen molar-refractivity contribution >= 4 is 12.0 Å². The van der Waals surface area contributed by atoms with E-state index in [1.165, 1.54) is 30.7 Å². The molecular formula is C18H25FN4O. The van der Waals surface area contributed by atoms with E-state index in [0.29, 0.717) is 12.1 Å². The molecule has 0 spiro atoms. The zero-order valence-electron chi connectivity index (χ0n) is 13.8. The highest BCUT2D eigenvalue weighted by atomic mass is 19.1. The summed E-state index contributed by atoms with van der Waals surface area (Å²) in [5, 5.41) is 0. The molecule has 3 N–H and O–H groups in total. The zero-order chi connectivity index (χ0) is 17.2. The SMILES string of the molecule is Nc1cccc(F)c1.O=CCCN1CCC(CCc2cnc[nH]2)C1. The molecule has 1 aromatic heterocycles. The number of benzene rings is 1. The molecule has 3 rings (SSSR count). The maximum Gasteiger partial charge on any atom is 0.125 e. The van der Waals surface area contributed by atoms with E-state index < -0.39 is 0 Å². The van der Waals surface area contributed by atoms with Gasteiger partial charge in [-0.1, -0.05) is 6.07 Å². The summed E-state index contributed by atoms with van der Waals surface area (Å²) < 4.78 is 12.1. The molecule has 1 unspecified atom stereocenters. The number of anilines is 1. The van der Waals surface area contributed by atoms with Gasteiger partial charge in [0.15, 0.2) is 0 Å². The maximum atomic E-state index is 12.1. The number of nitrogens with one attached hydrogen (secondary N) is 1. The highest BCUT2D eigenvalue weighted by molar-refractivity contribution is 5.49. The highest BCUT2D eigenvalue weighted by Crippen LogP contribution is 2.20. The van der Waals surface area contributed by atoms with Crippen molar-refractivity contribution in [2.24, 2.45) is 5.92 Å². The lowest BCUT2D eigenvalue weighted by Crippen LogP contribution is -2.22. The predicted molar refractivity (Wildman–Crippen MR) is 92.9 cm³/mol. The van der Waals surface area contributed by atoms with Gasteiger partial charge in [0.2, 0.25) is 0 Å². The summed E-state index contributed by atoms with van der Waals surface area (Å²) in [7, 11) is 0. The molecule has 0 radical (unpaired) electrons. The minimum Gasteiger partial charge on any atom is -0.399 e. The molecule has 1 aliphatic heterocycles. The van der Waals surface area contributed by atoms with Gasteiger partial charge in [0.05, 0.1) is 6.33 Å². The Hall–Kier alpha value is -2.21. The number of hydrogen-bond acceptors (Lipinski definition) is 4. The van der Waals surface area contributed by atoms with Crippen molar-refractivity contribution in [3.63, 3.8) is 0 Å².